The fourth-order valence-electron chi connectivity index (χ4n) is 1.53. The Bertz CT molecular complexity index is 641. The van der Waals surface area contributed by atoms with E-state index in [1.165, 1.54) is 31.2 Å². The maximum Gasteiger partial charge on any atom is 0.184 e. The van der Waals surface area contributed by atoms with Crippen molar-refractivity contribution in [2.45, 2.75) is 6.92 Å². The summed E-state index contributed by atoms with van der Waals surface area (Å²) in [7, 11) is 0. The van der Waals surface area contributed by atoms with Crippen molar-refractivity contribution in [2.75, 3.05) is 0 Å². The third kappa shape index (κ3) is 3.06. The molecule has 0 unspecified atom stereocenters. The van der Waals surface area contributed by atoms with Gasteiger partial charge < -0.3 is 4.74 Å². The highest BCUT2D eigenvalue weighted by molar-refractivity contribution is 6.34. The number of hydrogen-bond donors (Lipinski definition) is 0. The molecule has 0 saturated heterocycles. The summed E-state index contributed by atoms with van der Waals surface area (Å²) >= 11 is 11.6. The Hall–Kier alpha value is -1.58. The molecule has 5 heteroatoms. The van der Waals surface area contributed by atoms with Gasteiger partial charge in [-0.3, -0.25) is 4.79 Å². The van der Waals surface area contributed by atoms with E-state index in [1.54, 1.807) is 12.1 Å². The second-order valence-electron chi connectivity index (χ2n) is 3.85. The van der Waals surface area contributed by atoms with Crippen molar-refractivity contribution in [2.24, 2.45) is 0 Å². The fraction of sp³-hybridized carbons (Fsp3) is 0.0714. The zero-order valence-electron chi connectivity index (χ0n) is 9.91. The van der Waals surface area contributed by atoms with Crippen molar-refractivity contribution in [1.29, 1.82) is 0 Å². The van der Waals surface area contributed by atoms with Gasteiger partial charge in [-0.25, -0.2) is 4.39 Å². The topological polar surface area (TPSA) is 26.3 Å². The molecule has 0 heterocycles. The van der Waals surface area contributed by atoms with Gasteiger partial charge in [0.05, 0.1) is 10.0 Å². The smallest absolute Gasteiger partial charge is 0.184 e. The molecule has 0 saturated carbocycles. The summed E-state index contributed by atoms with van der Waals surface area (Å²) in [6.07, 6.45) is 0. The molecule has 0 bridgehead atoms. The molecule has 0 aliphatic carbocycles. The highest BCUT2D eigenvalue weighted by Gasteiger charge is 2.11. The Morgan fingerprint density at radius 1 is 1.16 bits per heavy atom. The first-order chi connectivity index (χ1) is 8.99. The largest absolute Gasteiger partial charge is 0.454 e. The first-order valence-electron chi connectivity index (χ1n) is 5.41. The lowest BCUT2D eigenvalue weighted by Gasteiger charge is -2.09. The minimum absolute atomic E-state index is 0.000795. The number of ketones is 1. The maximum absolute atomic E-state index is 13.7. The number of hydrogen-bond acceptors (Lipinski definition) is 2. The van der Waals surface area contributed by atoms with Crippen LogP contribution in [0.25, 0.3) is 0 Å². The van der Waals surface area contributed by atoms with Crippen LogP contribution in [-0.4, -0.2) is 5.78 Å². The number of benzene rings is 2. The Morgan fingerprint density at radius 2 is 1.89 bits per heavy atom. The maximum atomic E-state index is 13.7. The summed E-state index contributed by atoms with van der Waals surface area (Å²) < 4.78 is 19.0. The minimum Gasteiger partial charge on any atom is -0.454 e. The summed E-state index contributed by atoms with van der Waals surface area (Å²) in [4.78, 5) is 11.2. The van der Waals surface area contributed by atoms with E-state index in [0.29, 0.717) is 11.3 Å². The highest BCUT2D eigenvalue weighted by Crippen LogP contribution is 2.31. The average molecular weight is 299 g/mol. The molecule has 0 atom stereocenters. The van der Waals surface area contributed by atoms with Crippen molar-refractivity contribution < 1.29 is 13.9 Å². The summed E-state index contributed by atoms with van der Waals surface area (Å²) in [6.45, 7) is 1.42. The van der Waals surface area contributed by atoms with Crippen LogP contribution in [0.3, 0.4) is 0 Å². The third-order valence-corrected chi connectivity index (χ3v) is 3.07. The lowest BCUT2D eigenvalue weighted by molar-refractivity contribution is 0.101. The van der Waals surface area contributed by atoms with E-state index in [9.17, 15) is 9.18 Å². The molecule has 0 aliphatic heterocycles. The van der Waals surface area contributed by atoms with Gasteiger partial charge >= 0.3 is 0 Å². The van der Waals surface area contributed by atoms with Crippen LogP contribution < -0.4 is 4.74 Å². The molecule has 0 aliphatic rings. The summed E-state index contributed by atoms with van der Waals surface area (Å²) in [6, 6.07) is 8.99. The normalized spacial score (nSPS) is 10.3. The van der Waals surface area contributed by atoms with E-state index >= 15 is 0 Å². The molecule has 98 valence electrons. The van der Waals surface area contributed by atoms with Gasteiger partial charge in [-0.1, -0.05) is 29.3 Å². The quantitative estimate of drug-likeness (QED) is 0.735. The van der Waals surface area contributed by atoms with Gasteiger partial charge in [-0.05, 0) is 31.2 Å². The van der Waals surface area contributed by atoms with Crippen molar-refractivity contribution in [3.8, 4) is 11.5 Å². The molecule has 19 heavy (non-hydrogen) atoms. The van der Waals surface area contributed by atoms with E-state index in [2.05, 4.69) is 0 Å². The van der Waals surface area contributed by atoms with Crippen LogP contribution in [0.1, 0.15) is 17.3 Å². The number of carbonyl (C=O) groups excluding carboxylic acids is 1. The molecule has 0 radical (unpaired) electrons. The molecule has 2 rings (SSSR count). The van der Waals surface area contributed by atoms with Crippen LogP contribution in [0.15, 0.2) is 36.4 Å². The second-order valence-corrected chi connectivity index (χ2v) is 4.67. The molecule has 0 fully saturated rings. The molecule has 0 N–H and O–H groups in total. The molecule has 0 spiro atoms. The fourth-order valence-corrected chi connectivity index (χ4v) is 2.00. The van der Waals surface area contributed by atoms with Crippen LogP contribution in [-0.2, 0) is 0 Å². The van der Waals surface area contributed by atoms with Gasteiger partial charge in [0, 0.05) is 11.6 Å². The lowest BCUT2D eigenvalue weighted by Crippen LogP contribution is -1.94. The number of rotatable bonds is 3. The van der Waals surface area contributed by atoms with Crippen molar-refractivity contribution in [3.63, 3.8) is 0 Å². The number of ether oxygens (including phenoxy) is 1. The van der Waals surface area contributed by atoms with Crippen molar-refractivity contribution >= 4 is 29.0 Å². The van der Waals surface area contributed by atoms with E-state index in [4.69, 9.17) is 27.9 Å². The zero-order chi connectivity index (χ0) is 14.0. The number of Topliss-reactive ketones (excluding diaryl/α,β-unsaturated/α-hetero) is 1. The second kappa shape index (κ2) is 5.59. The molecule has 2 aromatic rings. The third-order valence-electron chi connectivity index (χ3n) is 2.46. The summed E-state index contributed by atoms with van der Waals surface area (Å²) in [5.74, 6) is -0.461. The number of halogens is 3. The molecule has 2 nitrogen and oxygen atoms in total. The Labute approximate surface area is 119 Å². The van der Waals surface area contributed by atoms with Crippen molar-refractivity contribution in [3.05, 3.63) is 57.8 Å². The van der Waals surface area contributed by atoms with Crippen molar-refractivity contribution in [1.82, 2.24) is 0 Å². The molecular formula is C14H9Cl2FO2. The van der Waals surface area contributed by atoms with Crippen LogP contribution in [0, 0.1) is 5.82 Å². The highest BCUT2D eigenvalue weighted by atomic mass is 35.5. The van der Waals surface area contributed by atoms with Gasteiger partial charge in [0.25, 0.3) is 0 Å². The summed E-state index contributed by atoms with van der Waals surface area (Å²) in [5.41, 5.74) is 0.389. The standard InChI is InChI=1S/C14H9Cl2FO2/c1-8(18)10-6-5-9(7-12(10)16)19-13-4-2-3-11(15)14(13)17/h2-7H,1H3. The minimum atomic E-state index is -0.643. The van der Waals surface area contributed by atoms with Gasteiger partial charge in [0.1, 0.15) is 5.75 Å². The molecule has 0 amide bonds. The van der Waals surface area contributed by atoms with E-state index < -0.39 is 5.82 Å². The van der Waals surface area contributed by atoms with Gasteiger partial charge in [-0.15, -0.1) is 0 Å². The monoisotopic (exact) mass is 298 g/mol. The van der Waals surface area contributed by atoms with Crippen LogP contribution in [0.4, 0.5) is 4.39 Å². The average Bonchev–Trinajstić information content (AvgIpc) is 2.34. The van der Waals surface area contributed by atoms with Gasteiger partial charge in [0.2, 0.25) is 0 Å². The molecule has 2 aromatic carbocycles. The molecular weight excluding hydrogens is 290 g/mol. The number of carbonyl (C=O) groups is 1. The van der Waals surface area contributed by atoms with E-state index in [0.717, 1.165) is 0 Å². The predicted octanol–water partition coefficient (Wildman–Crippen LogP) is 5.13. The van der Waals surface area contributed by atoms with Gasteiger partial charge in [0.15, 0.2) is 17.3 Å². The van der Waals surface area contributed by atoms with Crippen LogP contribution in [0.2, 0.25) is 10.0 Å². The Morgan fingerprint density at radius 3 is 2.53 bits per heavy atom. The summed E-state index contributed by atoms with van der Waals surface area (Å²) in [5, 5.41) is 0.233. The van der Waals surface area contributed by atoms with Gasteiger partial charge in [-0.2, -0.15) is 0 Å². The van der Waals surface area contributed by atoms with Crippen LogP contribution >= 0.6 is 23.2 Å². The van der Waals surface area contributed by atoms with Crippen LogP contribution in [0.5, 0.6) is 11.5 Å². The first-order valence-corrected chi connectivity index (χ1v) is 6.17. The zero-order valence-corrected chi connectivity index (χ0v) is 11.4. The predicted molar refractivity (Wildman–Crippen MR) is 72.9 cm³/mol. The van der Waals surface area contributed by atoms with E-state index in [-0.39, 0.29) is 21.6 Å². The Kier molecular flexibility index (Phi) is 4.08. The van der Waals surface area contributed by atoms with E-state index in [1.807, 2.05) is 0 Å². The first kappa shape index (κ1) is 13.8. The SMILES string of the molecule is CC(=O)c1ccc(Oc2cccc(Cl)c2F)cc1Cl. The lowest BCUT2D eigenvalue weighted by atomic mass is 10.1. The Balaban J connectivity index is 2.32. The molecule has 0 aromatic heterocycles.